The summed E-state index contributed by atoms with van der Waals surface area (Å²) in [6, 6.07) is 122. The van der Waals surface area contributed by atoms with E-state index in [9.17, 15) is 0 Å². The van der Waals surface area contributed by atoms with Crippen molar-refractivity contribution in [2.75, 3.05) is 0 Å². The molecule has 0 aliphatic carbocycles. The smallest absolute Gasteiger partial charge is 0.179 e. The molecule has 0 unspecified atom stereocenters. The molecule has 0 aliphatic heterocycles. The SMILES string of the molecule is c1ccc(-c2cccc(-c3cccc(-n4c5ccccc5c5cc(-n6c7ccccc7c7ccccc76)ccc54)c3)c2-c2c(-c3ccccc3)cccc2-c2cccc([Si](c3ccccc3)(c3ccccc3)c3ccccc3)c2)cc1. The van der Waals surface area contributed by atoms with Crippen LogP contribution >= 0.6 is 0 Å². The molecule has 0 N–H and O–H groups in total. The first kappa shape index (κ1) is 47.9. The van der Waals surface area contributed by atoms with E-state index >= 15 is 0 Å². The van der Waals surface area contributed by atoms with Gasteiger partial charge in [-0.25, -0.2) is 0 Å². The summed E-state index contributed by atoms with van der Waals surface area (Å²) >= 11 is 0. The van der Waals surface area contributed by atoms with Crippen LogP contribution in [-0.2, 0) is 0 Å². The van der Waals surface area contributed by atoms with Crippen LogP contribution in [0.3, 0.4) is 0 Å². The molecule has 0 saturated carbocycles. The fourth-order valence-electron chi connectivity index (χ4n) is 13.2. The second-order valence-electron chi connectivity index (χ2n) is 21.1. The third-order valence-corrected chi connectivity index (χ3v) is 21.5. The van der Waals surface area contributed by atoms with E-state index in [-0.39, 0.29) is 0 Å². The first-order chi connectivity index (χ1) is 40.2. The summed E-state index contributed by atoms with van der Waals surface area (Å²) in [4.78, 5) is 0. The van der Waals surface area contributed by atoms with Gasteiger partial charge in [0.15, 0.2) is 8.07 Å². The van der Waals surface area contributed by atoms with Gasteiger partial charge in [-0.1, -0.05) is 279 Å². The third kappa shape index (κ3) is 8.00. The molecule has 0 amide bonds. The van der Waals surface area contributed by atoms with Gasteiger partial charge in [-0.15, -0.1) is 0 Å². The van der Waals surface area contributed by atoms with E-state index in [1.165, 1.54) is 97.8 Å². The number of fused-ring (bicyclic) bond motifs is 6. The molecule has 81 heavy (non-hydrogen) atoms. The molecule has 13 aromatic carbocycles. The maximum absolute atomic E-state index is 2.88. The molecule has 15 aromatic rings. The number of rotatable bonds is 11. The Bertz CT molecular complexity index is 4640. The Morgan fingerprint density at radius 3 is 0.988 bits per heavy atom. The van der Waals surface area contributed by atoms with Crippen molar-refractivity contribution in [1.82, 2.24) is 9.13 Å². The number of aromatic nitrogens is 2. The van der Waals surface area contributed by atoms with E-state index in [4.69, 9.17) is 0 Å². The van der Waals surface area contributed by atoms with Crippen LogP contribution < -0.4 is 20.7 Å². The number of hydrogen-bond acceptors (Lipinski definition) is 0. The number of para-hydroxylation sites is 3. The normalized spacial score (nSPS) is 11.7. The van der Waals surface area contributed by atoms with Crippen molar-refractivity contribution in [3.63, 3.8) is 0 Å². The summed E-state index contributed by atoms with van der Waals surface area (Å²) in [7, 11) is -2.88. The monoisotopic (exact) mass is 1050 g/mol. The summed E-state index contributed by atoms with van der Waals surface area (Å²) < 4.78 is 4.88. The topological polar surface area (TPSA) is 9.86 Å². The maximum atomic E-state index is 2.52. The summed E-state index contributed by atoms with van der Waals surface area (Å²) in [5, 5.41) is 10.3. The third-order valence-electron chi connectivity index (χ3n) is 16.7. The van der Waals surface area contributed by atoms with Gasteiger partial charge >= 0.3 is 0 Å². The maximum Gasteiger partial charge on any atom is 0.179 e. The van der Waals surface area contributed by atoms with Crippen molar-refractivity contribution in [2.45, 2.75) is 0 Å². The van der Waals surface area contributed by atoms with Gasteiger partial charge in [-0.05, 0) is 125 Å². The highest BCUT2D eigenvalue weighted by Crippen LogP contribution is 2.49. The van der Waals surface area contributed by atoms with Crippen LogP contribution in [0.25, 0.3) is 111 Å². The molecule has 380 valence electrons. The van der Waals surface area contributed by atoms with Gasteiger partial charge in [0.1, 0.15) is 0 Å². The van der Waals surface area contributed by atoms with Crippen LogP contribution in [0.1, 0.15) is 0 Å². The van der Waals surface area contributed by atoms with Crippen LogP contribution in [0, 0.1) is 0 Å². The van der Waals surface area contributed by atoms with Crippen LogP contribution in [0.4, 0.5) is 0 Å². The molecule has 0 bridgehead atoms. The van der Waals surface area contributed by atoms with Gasteiger partial charge in [-0.2, -0.15) is 0 Å². The van der Waals surface area contributed by atoms with E-state index in [1.807, 2.05) is 0 Å². The van der Waals surface area contributed by atoms with Gasteiger partial charge in [0, 0.05) is 32.9 Å². The molecular formula is C78H54N2Si. The van der Waals surface area contributed by atoms with Gasteiger partial charge in [0.25, 0.3) is 0 Å². The second kappa shape index (κ2) is 20.2. The molecule has 0 fully saturated rings. The molecular weight excluding hydrogens is 993 g/mol. The highest BCUT2D eigenvalue weighted by molar-refractivity contribution is 7.19. The predicted molar refractivity (Wildman–Crippen MR) is 346 cm³/mol. The molecule has 0 spiro atoms. The Morgan fingerprint density at radius 1 is 0.198 bits per heavy atom. The molecule has 2 aromatic heterocycles. The predicted octanol–water partition coefficient (Wildman–Crippen LogP) is 17.6. The van der Waals surface area contributed by atoms with Crippen molar-refractivity contribution in [3.05, 3.63) is 328 Å². The molecule has 0 saturated heterocycles. The molecule has 0 atom stereocenters. The van der Waals surface area contributed by atoms with Gasteiger partial charge in [0.2, 0.25) is 0 Å². The summed E-state index contributed by atoms with van der Waals surface area (Å²) in [6.45, 7) is 0. The van der Waals surface area contributed by atoms with E-state index in [1.54, 1.807) is 0 Å². The van der Waals surface area contributed by atoms with Crippen molar-refractivity contribution >= 4 is 72.4 Å². The lowest BCUT2D eigenvalue weighted by Crippen LogP contribution is -2.74. The van der Waals surface area contributed by atoms with Crippen molar-refractivity contribution < 1.29 is 0 Å². The summed E-state index contributed by atoms with van der Waals surface area (Å²) in [5.74, 6) is 0. The molecule has 0 radical (unpaired) electrons. The lowest BCUT2D eigenvalue weighted by Gasteiger charge is -2.34. The minimum atomic E-state index is -2.88. The number of benzene rings is 13. The standard InChI is InChI=1S/C78H54N2Si/c1-6-26-55(27-7-1)65-43-24-45-67(57-30-22-32-59(52-57)79-75-49-21-18-42-71(75)72-54-60(50-51-76(72)79)80-73-47-19-16-40-69(73)70-41-17-20-48-74(70)80)77(65)78-66(56-28-8-2-9-29-56)44-25-46-68(78)58-31-23-39-64(53-58)81(61-33-10-3-11-34-61,62-35-12-4-13-36-62)63-37-14-5-15-38-63/h1-54H. The largest absolute Gasteiger partial charge is 0.309 e. The highest BCUT2D eigenvalue weighted by atomic mass is 28.3. The average Bonchev–Trinajstić information content (AvgIpc) is 4.27. The fraction of sp³-hybridized carbons (Fsp3) is 0. The summed E-state index contributed by atoms with van der Waals surface area (Å²) in [5.41, 5.74) is 18.7. The highest BCUT2D eigenvalue weighted by Gasteiger charge is 2.41. The van der Waals surface area contributed by atoms with Crippen LogP contribution in [-0.4, -0.2) is 17.2 Å². The quantitative estimate of drug-likeness (QED) is 0.0902. The number of nitrogens with zero attached hydrogens (tertiary/aromatic N) is 2. The molecule has 0 aliphatic rings. The first-order valence-corrected chi connectivity index (χ1v) is 30.0. The zero-order valence-corrected chi connectivity index (χ0v) is 45.6. The lowest BCUT2D eigenvalue weighted by atomic mass is 9.81. The molecule has 3 heteroatoms. The van der Waals surface area contributed by atoms with E-state index in [0.29, 0.717) is 0 Å². The average molecular weight is 1050 g/mol. The Kier molecular flexibility index (Phi) is 11.9. The fourth-order valence-corrected chi connectivity index (χ4v) is 18.0. The Labute approximate surface area is 473 Å². The van der Waals surface area contributed by atoms with Gasteiger partial charge in [-0.3, -0.25) is 0 Å². The van der Waals surface area contributed by atoms with E-state index in [2.05, 4.69) is 337 Å². The summed E-state index contributed by atoms with van der Waals surface area (Å²) in [6.07, 6.45) is 0. The Balaban J connectivity index is 0.962. The van der Waals surface area contributed by atoms with Crippen molar-refractivity contribution in [3.8, 4) is 67.0 Å². The molecule has 15 rings (SSSR count). The minimum absolute atomic E-state index is 1.10. The van der Waals surface area contributed by atoms with Gasteiger partial charge in [0.05, 0.1) is 22.1 Å². The van der Waals surface area contributed by atoms with Crippen LogP contribution in [0.15, 0.2) is 328 Å². The zero-order chi connectivity index (χ0) is 53.7. The van der Waals surface area contributed by atoms with E-state index < -0.39 is 8.07 Å². The van der Waals surface area contributed by atoms with Crippen molar-refractivity contribution in [2.24, 2.45) is 0 Å². The first-order valence-electron chi connectivity index (χ1n) is 28.0. The molecule has 2 nitrogen and oxygen atoms in total. The van der Waals surface area contributed by atoms with Crippen LogP contribution in [0.2, 0.25) is 0 Å². The van der Waals surface area contributed by atoms with Crippen molar-refractivity contribution in [1.29, 1.82) is 0 Å². The molecule has 2 heterocycles. The van der Waals surface area contributed by atoms with E-state index in [0.717, 1.165) is 33.6 Å². The Morgan fingerprint density at radius 2 is 0.519 bits per heavy atom. The van der Waals surface area contributed by atoms with Crippen LogP contribution in [0.5, 0.6) is 0 Å². The number of hydrogen-bond donors (Lipinski definition) is 0. The minimum Gasteiger partial charge on any atom is -0.309 e. The second-order valence-corrected chi connectivity index (χ2v) is 24.9. The Hall–Kier alpha value is -10.3. The zero-order valence-electron chi connectivity index (χ0n) is 44.6. The van der Waals surface area contributed by atoms with Gasteiger partial charge < -0.3 is 9.13 Å². The lowest BCUT2D eigenvalue weighted by molar-refractivity contribution is 1.17.